The van der Waals surface area contributed by atoms with Gasteiger partial charge in [0.1, 0.15) is 30.1 Å². The average molecular weight is 491 g/mol. The van der Waals surface area contributed by atoms with E-state index in [1.807, 2.05) is 16.2 Å². The fraction of sp³-hybridized carbons (Fsp3) is 0.417. The van der Waals surface area contributed by atoms with Crippen LogP contribution >= 0.6 is 0 Å². The summed E-state index contributed by atoms with van der Waals surface area (Å²) in [6.45, 7) is -0.487. The maximum atomic E-state index is 14.6. The first-order valence-electron chi connectivity index (χ1n) is 11.2. The fourth-order valence-corrected chi connectivity index (χ4v) is 5.76. The second kappa shape index (κ2) is 9.76. The number of aromatic nitrogens is 2. The number of hydrogen-bond acceptors (Lipinski definition) is 4. The highest BCUT2D eigenvalue weighted by molar-refractivity contribution is 7.89. The Kier molecular flexibility index (Phi) is 6.96. The Morgan fingerprint density at radius 1 is 1.24 bits per heavy atom. The van der Waals surface area contributed by atoms with Crippen LogP contribution in [0.3, 0.4) is 0 Å². The molecule has 0 saturated heterocycles. The van der Waals surface area contributed by atoms with E-state index in [9.17, 15) is 26.9 Å². The summed E-state index contributed by atoms with van der Waals surface area (Å²) in [5.41, 5.74) is 2.46. The van der Waals surface area contributed by atoms with Gasteiger partial charge in [-0.2, -0.15) is 5.26 Å². The Hall–Kier alpha value is -2.90. The number of benzene rings is 1. The van der Waals surface area contributed by atoms with E-state index >= 15 is 0 Å². The first kappa shape index (κ1) is 24.2. The van der Waals surface area contributed by atoms with Gasteiger partial charge in [-0.25, -0.2) is 26.3 Å². The van der Waals surface area contributed by atoms with Crippen molar-refractivity contribution in [1.82, 2.24) is 14.3 Å². The lowest BCUT2D eigenvalue weighted by Gasteiger charge is -2.18. The molecule has 0 amide bonds. The first-order chi connectivity index (χ1) is 16.3. The monoisotopic (exact) mass is 490 g/mol. The number of fused-ring (bicyclic) bond motifs is 1. The van der Waals surface area contributed by atoms with Crippen molar-refractivity contribution in [1.29, 1.82) is 5.26 Å². The van der Waals surface area contributed by atoms with Gasteiger partial charge in [0, 0.05) is 17.6 Å². The van der Waals surface area contributed by atoms with Crippen molar-refractivity contribution >= 4 is 20.9 Å². The Labute approximate surface area is 196 Å². The Balaban J connectivity index is 1.87. The molecule has 2 aromatic heterocycles. The van der Waals surface area contributed by atoms with Gasteiger partial charge in [0.2, 0.25) is 10.0 Å². The molecule has 0 aliphatic heterocycles. The lowest BCUT2D eigenvalue weighted by molar-refractivity contribution is 0.334. The highest BCUT2D eigenvalue weighted by Crippen LogP contribution is 2.41. The summed E-state index contributed by atoms with van der Waals surface area (Å²) in [4.78, 5) is 4.06. The van der Waals surface area contributed by atoms with Crippen LogP contribution in [0.1, 0.15) is 49.8 Å². The van der Waals surface area contributed by atoms with E-state index in [0.29, 0.717) is 28.8 Å². The van der Waals surface area contributed by atoms with E-state index < -0.39 is 29.4 Å². The summed E-state index contributed by atoms with van der Waals surface area (Å²) in [5.74, 6) is -0.377. The van der Waals surface area contributed by atoms with E-state index in [0.717, 1.165) is 37.4 Å². The van der Waals surface area contributed by atoms with Crippen molar-refractivity contribution in [3.63, 3.8) is 0 Å². The third kappa shape index (κ3) is 4.30. The summed E-state index contributed by atoms with van der Waals surface area (Å²) in [7, 11) is -4.18. The third-order valence-electron chi connectivity index (χ3n) is 6.34. The summed E-state index contributed by atoms with van der Waals surface area (Å²) in [6.07, 6.45) is 5.49. The van der Waals surface area contributed by atoms with Crippen LogP contribution in [0.2, 0.25) is 0 Å². The topological polar surface area (TPSA) is 87.8 Å². The number of nitrogens with zero attached hydrogens (tertiary/aromatic N) is 3. The maximum absolute atomic E-state index is 14.6. The van der Waals surface area contributed by atoms with Gasteiger partial charge in [-0.1, -0.05) is 19.8 Å². The molecule has 1 aliphatic rings. The van der Waals surface area contributed by atoms with E-state index in [1.54, 1.807) is 6.07 Å². The van der Waals surface area contributed by atoms with Crippen molar-refractivity contribution < 1.29 is 21.6 Å². The number of nitriles is 1. The number of hydrogen-bond donors (Lipinski definition) is 1. The molecule has 0 atom stereocenters. The van der Waals surface area contributed by atoms with Crippen LogP contribution in [0, 0.1) is 17.1 Å². The fourth-order valence-electron chi connectivity index (χ4n) is 4.62. The normalized spacial score (nSPS) is 14.8. The van der Waals surface area contributed by atoms with Gasteiger partial charge in [0.15, 0.2) is 0 Å². The standard InChI is InChI=1S/C24H25F3N4O2S/c1-2-15-9-23-19(10-21(15)27)20(13-28)24(31(23)17-5-3-4-6-17)22-8-7-18(14-29-22)34(32,33)30-16(11-25)12-26/h7-10,14,16-17,30H,2-6,11-12H2,1H3. The molecule has 2 heterocycles. The van der Waals surface area contributed by atoms with Crippen LogP contribution in [0.25, 0.3) is 22.3 Å². The van der Waals surface area contributed by atoms with Crippen LogP contribution < -0.4 is 4.72 Å². The molecule has 0 spiro atoms. The highest BCUT2D eigenvalue weighted by Gasteiger charge is 2.28. The molecular weight excluding hydrogens is 465 g/mol. The second-order valence-corrected chi connectivity index (χ2v) is 10.2. The Morgan fingerprint density at radius 2 is 1.94 bits per heavy atom. The molecule has 1 saturated carbocycles. The predicted molar refractivity (Wildman–Crippen MR) is 123 cm³/mol. The smallest absolute Gasteiger partial charge is 0.242 e. The highest BCUT2D eigenvalue weighted by atomic mass is 32.2. The second-order valence-electron chi connectivity index (χ2n) is 8.46. The van der Waals surface area contributed by atoms with E-state index in [1.165, 1.54) is 18.2 Å². The molecule has 4 rings (SSSR count). The molecule has 1 aromatic carbocycles. The Bertz CT molecular complexity index is 1340. The van der Waals surface area contributed by atoms with E-state index in [2.05, 4.69) is 11.1 Å². The largest absolute Gasteiger partial charge is 0.335 e. The van der Waals surface area contributed by atoms with Crippen LogP contribution in [-0.2, 0) is 16.4 Å². The number of alkyl halides is 2. The Morgan fingerprint density at radius 3 is 2.50 bits per heavy atom. The van der Waals surface area contributed by atoms with E-state index in [-0.39, 0.29) is 22.3 Å². The molecule has 1 aliphatic carbocycles. The van der Waals surface area contributed by atoms with Crippen molar-refractivity contribution in [2.75, 3.05) is 13.3 Å². The van der Waals surface area contributed by atoms with Crippen LogP contribution in [0.4, 0.5) is 13.2 Å². The van der Waals surface area contributed by atoms with Crippen molar-refractivity contribution in [3.05, 3.63) is 47.4 Å². The van der Waals surface area contributed by atoms with Crippen molar-refractivity contribution in [2.45, 2.75) is 56.0 Å². The predicted octanol–water partition coefficient (Wildman–Crippen LogP) is 4.98. The summed E-state index contributed by atoms with van der Waals surface area (Å²) in [5, 5.41) is 10.5. The quantitative estimate of drug-likeness (QED) is 0.483. The minimum atomic E-state index is -4.18. The van der Waals surface area contributed by atoms with Gasteiger partial charge in [0.05, 0.1) is 28.5 Å². The molecule has 0 radical (unpaired) electrons. The van der Waals surface area contributed by atoms with Crippen molar-refractivity contribution in [2.24, 2.45) is 0 Å². The molecule has 0 bridgehead atoms. The molecule has 3 aromatic rings. The number of nitrogens with one attached hydrogen (secondary N) is 1. The zero-order chi connectivity index (χ0) is 24.5. The minimum absolute atomic E-state index is 0.108. The van der Waals surface area contributed by atoms with Crippen LogP contribution in [0.15, 0.2) is 35.4 Å². The van der Waals surface area contributed by atoms with Gasteiger partial charge in [-0.05, 0) is 49.1 Å². The van der Waals surface area contributed by atoms with Gasteiger partial charge >= 0.3 is 0 Å². The molecule has 10 heteroatoms. The number of pyridine rings is 1. The molecule has 0 unspecified atom stereocenters. The van der Waals surface area contributed by atoms with Gasteiger partial charge in [-0.3, -0.25) is 4.98 Å². The van der Waals surface area contributed by atoms with Crippen molar-refractivity contribution in [3.8, 4) is 17.5 Å². The van der Waals surface area contributed by atoms with Gasteiger partial charge in [-0.15, -0.1) is 0 Å². The van der Waals surface area contributed by atoms with Crippen LogP contribution in [0.5, 0.6) is 0 Å². The molecule has 1 N–H and O–H groups in total. The summed E-state index contributed by atoms with van der Waals surface area (Å²) < 4.78 is 69.2. The zero-order valence-corrected chi connectivity index (χ0v) is 19.5. The number of sulfonamides is 1. The lowest BCUT2D eigenvalue weighted by Crippen LogP contribution is -2.37. The first-order valence-corrected chi connectivity index (χ1v) is 12.7. The minimum Gasteiger partial charge on any atom is -0.335 e. The summed E-state index contributed by atoms with van der Waals surface area (Å²) >= 11 is 0. The SMILES string of the molecule is CCc1cc2c(cc1F)c(C#N)c(-c1ccc(S(=O)(=O)NC(CF)CF)cn1)n2C1CCCC1. The van der Waals surface area contributed by atoms with Gasteiger partial charge < -0.3 is 4.57 Å². The zero-order valence-electron chi connectivity index (χ0n) is 18.7. The average Bonchev–Trinajstić information content (AvgIpc) is 3.47. The lowest BCUT2D eigenvalue weighted by atomic mass is 10.1. The van der Waals surface area contributed by atoms with Gasteiger partial charge in [0.25, 0.3) is 0 Å². The number of rotatable bonds is 8. The number of halogens is 3. The molecule has 34 heavy (non-hydrogen) atoms. The molecular formula is C24H25F3N4O2S. The molecule has 180 valence electrons. The number of aryl methyl sites for hydroxylation is 1. The van der Waals surface area contributed by atoms with Crippen LogP contribution in [-0.4, -0.2) is 37.4 Å². The molecule has 1 fully saturated rings. The third-order valence-corrected chi connectivity index (χ3v) is 7.84. The maximum Gasteiger partial charge on any atom is 0.242 e. The molecule has 6 nitrogen and oxygen atoms in total. The summed E-state index contributed by atoms with van der Waals surface area (Å²) in [6, 6.07) is 6.75. The van der Waals surface area contributed by atoms with E-state index in [4.69, 9.17) is 0 Å².